The Morgan fingerprint density at radius 1 is 0.568 bits per heavy atom. The van der Waals surface area contributed by atoms with Gasteiger partial charge >= 0.3 is 0 Å². The molecule has 5 rings (SSSR count). The molecule has 0 spiro atoms. The predicted octanol–water partition coefficient (Wildman–Crippen LogP) is 6.85. The molecule has 1 aliphatic rings. The van der Waals surface area contributed by atoms with Crippen LogP contribution in [0.3, 0.4) is 0 Å². The number of rotatable bonds is 10. The molecule has 0 bridgehead atoms. The first-order valence-corrected chi connectivity index (χ1v) is 13.4. The van der Waals surface area contributed by atoms with Crippen LogP contribution >= 0.6 is 0 Å². The first-order valence-electron chi connectivity index (χ1n) is 13.4. The molecular weight excluding hydrogens is 454 g/mol. The number of hydrogen-bond acceptors (Lipinski definition) is 3. The van der Waals surface area contributed by atoms with E-state index < -0.39 is 0 Å². The Labute approximate surface area is 221 Å². The monoisotopic (exact) mass is 491 g/mol. The lowest BCUT2D eigenvalue weighted by atomic mass is 9.67. The van der Waals surface area contributed by atoms with Gasteiger partial charge in [-0.25, -0.2) is 0 Å². The Bertz CT molecular complexity index is 1180. The molecule has 0 aromatic heterocycles. The minimum atomic E-state index is -0.0651. The number of benzene rings is 4. The zero-order chi connectivity index (χ0) is 25.3. The van der Waals surface area contributed by atoms with Crippen molar-refractivity contribution in [2.75, 3.05) is 13.2 Å². The van der Waals surface area contributed by atoms with Crippen molar-refractivity contribution in [1.29, 1.82) is 0 Å². The van der Waals surface area contributed by atoms with Crippen molar-refractivity contribution in [1.82, 2.24) is 5.06 Å². The van der Waals surface area contributed by atoms with Crippen molar-refractivity contribution in [3.05, 3.63) is 144 Å². The van der Waals surface area contributed by atoms with Gasteiger partial charge in [0, 0.05) is 6.54 Å². The van der Waals surface area contributed by atoms with E-state index >= 15 is 0 Å². The molecule has 3 nitrogen and oxygen atoms in total. The minimum Gasteiger partial charge on any atom is -0.375 e. The maximum absolute atomic E-state index is 11.4. The van der Waals surface area contributed by atoms with E-state index in [2.05, 4.69) is 103 Å². The molecule has 3 heteroatoms. The van der Waals surface area contributed by atoms with Gasteiger partial charge < -0.3 is 9.94 Å². The molecule has 4 aromatic rings. The van der Waals surface area contributed by atoms with Crippen molar-refractivity contribution < 1.29 is 9.94 Å². The molecule has 1 N–H and O–H groups in total. The number of hydroxylamine groups is 2. The van der Waals surface area contributed by atoms with E-state index in [1.807, 2.05) is 18.2 Å². The van der Waals surface area contributed by atoms with Crippen molar-refractivity contribution in [2.24, 2.45) is 17.8 Å². The molecule has 37 heavy (non-hydrogen) atoms. The Balaban J connectivity index is 1.43. The average molecular weight is 492 g/mol. The predicted molar refractivity (Wildman–Crippen MR) is 149 cm³/mol. The van der Waals surface area contributed by atoms with Crippen LogP contribution in [0.25, 0.3) is 0 Å². The van der Waals surface area contributed by atoms with Crippen molar-refractivity contribution in [2.45, 2.75) is 31.9 Å². The number of piperidine rings is 1. The SMILES string of the molecule is ON1CC(Cc2ccccc2)C(Cc2ccccc2)C(Cc2ccccc2)C1COCc1ccccc1. The van der Waals surface area contributed by atoms with Crippen molar-refractivity contribution in [3.63, 3.8) is 0 Å². The largest absolute Gasteiger partial charge is 0.375 e. The summed E-state index contributed by atoms with van der Waals surface area (Å²) in [6.45, 7) is 1.71. The standard InChI is InChI=1S/C34H37NO2/c36-35-24-31(21-27-13-5-1-6-14-27)32(22-28-15-7-2-8-16-28)33(23-29-17-9-3-10-18-29)34(35)26-37-25-30-19-11-4-12-20-30/h1-20,31-34,36H,21-26H2. The molecular formula is C34H37NO2. The van der Waals surface area contributed by atoms with Crippen LogP contribution < -0.4 is 0 Å². The summed E-state index contributed by atoms with van der Waals surface area (Å²) < 4.78 is 6.25. The van der Waals surface area contributed by atoms with Gasteiger partial charge in [-0.05, 0) is 59.3 Å². The lowest BCUT2D eigenvalue weighted by Crippen LogP contribution is -2.55. The Hall–Kier alpha value is -3.24. The molecule has 4 atom stereocenters. The summed E-state index contributed by atoms with van der Waals surface area (Å²) in [7, 11) is 0. The van der Waals surface area contributed by atoms with Crippen molar-refractivity contribution in [3.8, 4) is 0 Å². The maximum atomic E-state index is 11.4. The van der Waals surface area contributed by atoms with E-state index in [4.69, 9.17) is 4.74 Å². The third-order valence-electron chi connectivity index (χ3n) is 7.82. The van der Waals surface area contributed by atoms with E-state index in [0.717, 1.165) is 24.8 Å². The lowest BCUT2D eigenvalue weighted by Gasteiger charge is -2.47. The second kappa shape index (κ2) is 12.8. The highest BCUT2D eigenvalue weighted by molar-refractivity contribution is 5.21. The third-order valence-corrected chi connectivity index (χ3v) is 7.82. The van der Waals surface area contributed by atoms with E-state index in [-0.39, 0.29) is 12.0 Å². The topological polar surface area (TPSA) is 32.7 Å². The summed E-state index contributed by atoms with van der Waals surface area (Å²) in [4.78, 5) is 0. The van der Waals surface area contributed by atoms with Crippen LogP contribution in [0.15, 0.2) is 121 Å². The fourth-order valence-electron chi connectivity index (χ4n) is 5.96. The summed E-state index contributed by atoms with van der Waals surface area (Å²) in [5.74, 6) is 1.01. The number of nitrogens with zero attached hydrogens (tertiary/aromatic N) is 1. The minimum absolute atomic E-state index is 0.0651. The van der Waals surface area contributed by atoms with Gasteiger partial charge in [0.2, 0.25) is 0 Å². The van der Waals surface area contributed by atoms with E-state index in [0.29, 0.717) is 31.6 Å². The van der Waals surface area contributed by atoms with Crippen LogP contribution in [0.1, 0.15) is 22.3 Å². The van der Waals surface area contributed by atoms with Gasteiger partial charge in [-0.2, -0.15) is 5.06 Å². The highest BCUT2D eigenvalue weighted by atomic mass is 16.5. The second-order valence-electron chi connectivity index (χ2n) is 10.3. The van der Waals surface area contributed by atoms with Gasteiger partial charge in [-0.15, -0.1) is 0 Å². The molecule has 1 aliphatic heterocycles. The molecule has 4 unspecified atom stereocenters. The molecule has 1 heterocycles. The van der Waals surface area contributed by atoms with Crippen LogP contribution in [-0.4, -0.2) is 29.5 Å². The highest BCUT2D eigenvalue weighted by Crippen LogP contribution is 2.39. The molecule has 0 amide bonds. The summed E-state index contributed by atoms with van der Waals surface area (Å²) in [6.07, 6.45) is 2.87. The van der Waals surface area contributed by atoms with Gasteiger partial charge in [0.05, 0.1) is 19.3 Å². The van der Waals surface area contributed by atoms with E-state index in [9.17, 15) is 5.21 Å². The number of hydrogen-bond donors (Lipinski definition) is 1. The molecule has 0 radical (unpaired) electrons. The van der Waals surface area contributed by atoms with Gasteiger partial charge in [0.25, 0.3) is 0 Å². The lowest BCUT2D eigenvalue weighted by molar-refractivity contribution is -0.202. The summed E-state index contributed by atoms with van der Waals surface area (Å²) in [6, 6.07) is 42.5. The quantitative estimate of drug-likeness (QED) is 0.263. The molecule has 0 saturated carbocycles. The van der Waals surface area contributed by atoms with Gasteiger partial charge in [-0.1, -0.05) is 121 Å². The zero-order valence-electron chi connectivity index (χ0n) is 21.4. The molecule has 190 valence electrons. The Kier molecular flexibility index (Phi) is 8.81. The van der Waals surface area contributed by atoms with Crippen LogP contribution in [-0.2, 0) is 30.6 Å². The maximum Gasteiger partial charge on any atom is 0.0717 e. The van der Waals surface area contributed by atoms with Gasteiger partial charge in [0.15, 0.2) is 0 Å². The summed E-state index contributed by atoms with van der Waals surface area (Å²) in [5, 5.41) is 13.0. The second-order valence-corrected chi connectivity index (χ2v) is 10.3. The average Bonchev–Trinajstić information content (AvgIpc) is 2.94. The third kappa shape index (κ3) is 6.95. The summed E-state index contributed by atoms with van der Waals surface area (Å²) >= 11 is 0. The normalized spacial score (nSPS) is 22.1. The molecule has 1 saturated heterocycles. The highest BCUT2D eigenvalue weighted by Gasteiger charge is 2.43. The molecule has 4 aromatic carbocycles. The molecule has 0 aliphatic carbocycles. The van der Waals surface area contributed by atoms with Gasteiger partial charge in [0.1, 0.15) is 0 Å². The Morgan fingerprint density at radius 2 is 1.00 bits per heavy atom. The van der Waals surface area contributed by atoms with Gasteiger partial charge in [-0.3, -0.25) is 0 Å². The van der Waals surface area contributed by atoms with Crippen molar-refractivity contribution >= 4 is 0 Å². The molecule has 1 fully saturated rings. The van der Waals surface area contributed by atoms with E-state index in [1.165, 1.54) is 16.7 Å². The van der Waals surface area contributed by atoms with Crippen LogP contribution in [0.5, 0.6) is 0 Å². The summed E-state index contributed by atoms with van der Waals surface area (Å²) in [5.41, 5.74) is 5.16. The fourth-order valence-corrected chi connectivity index (χ4v) is 5.96. The van der Waals surface area contributed by atoms with Crippen LogP contribution in [0.4, 0.5) is 0 Å². The van der Waals surface area contributed by atoms with Crippen LogP contribution in [0.2, 0.25) is 0 Å². The number of ether oxygens (including phenoxy) is 1. The Morgan fingerprint density at radius 3 is 1.51 bits per heavy atom. The van der Waals surface area contributed by atoms with Crippen LogP contribution in [0, 0.1) is 17.8 Å². The first-order chi connectivity index (χ1) is 18.3. The fraction of sp³-hybridized carbons (Fsp3) is 0.294. The smallest absolute Gasteiger partial charge is 0.0717 e. The first kappa shape index (κ1) is 25.4. The van der Waals surface area contributed by atoms with E-state index in [1.54, 1.807) is 5.06 Å². The zero-order valence-corrected chi connectivity index (χ0v) is 21.4.